The summed E-state index contributed by atoms with van der Waals surface area (Å²) >= 11 is 6.55. The molecule has 0 aromatic heterocycles. The van der Waals surface area contributed by atoms with E-state index in [1.54, 1.807) is 32.4 Å². The maximum absolute atomic E-state index is 12.5. The summed E-state index contributed by atoms with van der Waals surface area (Å²) in [6.07, 6.45) is 3.44. The summed E-state index contributed by atoms with van der Waals surface area (Å²) in [5.74, 6) is 2.35. The van der Waals surface area contributed by atoms with Crippen LogP contribution in [0.1, 0.15) is 5.56 Å². The van der Waals surface area contributed by atoms with Crippen molar-refractivity contribution in [2.24, 2.45) is 0 Å². The Morgan fingerprint density at radius 3 is 2.29 bits per heavy atom. The van der Waals surface area contributed by atoms with Crippen LogP contribution in [0.5, 0.6) is 23.0 Å². The lowest BCUT2D eigenvalue weighted by atomic mass is 10.2. The zero-order valence-electron chi connectivity index (χ0n) is 17.3. The number of thioether (sulfide) groups is 1. The second kappa shape index (κ2) is 10.9. The maximum atomic E-state index is 12.5. The average molecular weight is 458 g/mol. The first-order chi connectivity index (χ1) is 15.1. The van der Waals surface area contributed by atoms with Crippen molar-refractivity contribution < 1.29 is 23.7 Å². The van der Waals surface area contributed by atoms with E-state index in [4.69, 9.17) is 31.2 Å². The Balaban J connectivity index is 1.63. The second-order valence-corrected chi connectivity index (χ2v) is 8.01. The molecule has 2 aromatic carbocycles. The van der Waals surface area contributed by atoms with Crippen molar-refractivity contribution in [1.82, 2.24) is 4.90 Å². The topological polar surface area (TPSA) is 57.2 Å². The van der Waals surface area contributed by atoms with Gasteiger partial charge in [-0.15, -0.1) is 6.58 Å². The number of nitrogens with zero attached hydrogens (tertiary/aromatic N) is 1. The van der Waals surface area contributed by atoms with Gasteiger partial charge >= 0.3 is 0 Å². The molecule has 0 bridgehead atoms. The first-order valence-electron chi connectivity index (χ1n) is 9.50. The molecule has 162 valence electrons. The minimum absolute atomic E-state index is 0.123. The van der Waals surface area contributed by atoms with E-state index in [9.17, 15) is 4.79 Å². The van der Waals surface area contributed by atoms with Crippen LogP contribution in [0.3, 0.4) is 0 Å². The van der Waals surface area contributed by atoms with E-state index >= 15 is 0 Å². The van der Waals surface area contributed by atoms with Crippen LogP contribution in [0.2, 0.25) is 0 Å². The standard InChI is InChI=1S/C23H23NO5S2/c1-4-11-24-22(25)21(31-23(24)30)15-16-9-10-19(20(14-16)27-3)29-13-12-28-18-8-6-5-7-17(18)26-2/h4-10,14-15H,1,11-13H2,2-3H3/b21-15-. The van der Waals surface area contributed by atoms with Gasteiger partial charge in [-0.3, -0.25) is 9.69 Å². The highest BCUT2D eigenvalue weighted by Crippen LogP contribution is 2.34. The van der Waals surface area contributed by atoms with Crippen LogP contribution in [-0.2, 0) is 4.79 Å². The van der Waals surface area contributed by atoms with Crippen molar-refractivity contribution in [3.63, 3.8) is 0 Å². The van der Waals surface area contributed by atoms with Crippen LogP contribution < -0.4 is 18.9 Å². The summed E-state index contributed by atoms with van der Waals surface area (Å²) in [5.41, 5.74) is 0.813. The van der Waals surface area contributed by atoms with Gasteiger partial charge in [-0.2, -0.15) is 0 Å². The van der Waals surface area contributed by atoms with E-state index in [0.717, 1.165) is 5.56 Å². The molecule has 0 aliphatic carbocycles. The van der Waals surface area contributed by atoms with Crippen LogP contribution in [0, 0.1) is 0 Å². The lowest BCUT2D eigenvalue weighted by Gasteiger charge is -2.13. The van der Waals surface area contributed by atoms with E-state index in [-0.39, 0.29) is 5.91 Å². The predicted octanol–water partition coefficient (Wildman–Crippen LogP) is 4.55. The number of amides is 1. The lowest BCUT2D eigenvalue weighted by molar-refractivity contribution is -0.121. The molecule has 0 spiro atoms. The minimum atomic E-state index is -0.123. The number of ether oxygens (including phenoxy) is 4. The van der Waals surface area contributed by atoms with Crippen molar-refractivity contribution in [3.05, 3.63) is 65.6 Å². The molecule has 6 nitrogen and oxygen atoms in total. The number of rotatable bonds is 10. The third-order valence-electron chi connectivity index (χ3n) is 4.34. The zero-order chi connectivity index (χ0) is 22.2. The maximum Gasteiger partial charge on any atom is 0.266 e. The molecule has 0 saturated carbocycles. The fourth-order valence-electron chi connectivity index (χ4n) is 2.87. The van der Waals surface area contributed by atoms with E-state index < -0.39 is 0 Å². The van der Waals surface area contributed by atoms with Crippen LogP contribution in [0.4, 0.5) is 0 Å². The molecule has 0 atom stereocenters. The van der Waals surface area contributed by atoms with Crippen molar-refractivity contribution >= 4 is 40.3 Å². The number of carbonyl (C=O) groups is 1. The van der Waals surface area contributed by atoms with Crippen molar-refractivity contribution in [3.8, 4) is 23.0 Å². The molecule has 3 rings (SSSR count). The summed E-state index contributed by atoms with van der Waals surface area (Å²) in [4.78, 5) is 14.6. The third kappa shape index (κ3) is 5.59. The molecule has 1 aliphatic heterocycles. The van der Waals surface area contributed by atoms with Gasteiger partial charge in [0, 0.05) is 6.54 Å². The highest BCUT2D eigenvalue weighted by Gasteiger charge is 2.31. The Hall–Kier alpha value is -2.97. The molecule has 8 heteroatoms. The van der Waals surface area contributed by atoms with Crippen LogP contribution >= 0.6 is 24.0 Å². The fraction of sp³-hybridized carbons (Fsp3) is 0.217. The smallest absolute Gasteiger partial charge is 0.266 e. The number of thiocarbonyl (C=S) groups is 1. The summed E-state index contributed by atoms with van der Waals surface area (Å²) in [7, 11) is 3.17. The summed E-state index contributed by atoms with van der Waals surface area (Å²) < 4.78 is 22.8. The first kappa shape index (κ1) is 22.7. The Kier molecular flexibility index (Phi) is 7.97. The van der Waals surface area contributed by atoms with Gasteiger partial charge in [-0.1, -0.05) is 48.3 Å². The largest absolute Gasteiger partial charge is 0.493 e. The fourth-order valence-corrected chi connectivity index (χ4v) is 4.15. The third-order valence-corrected chi connectivity index (χ3v) is 5.72. The number of carbonyl (C=O) groups excluding carboxylic acids is 1. The van der Waals surface area contributed by atoms with Crippen molar-refractivity contribution in [2.75, 3.05) is 34.0 Å². The molecule has 0 unspecified atom stereocenters. The van der Waals surface area contributed by atoms with Gasteiger partial charge in [0.1, 0.15) is 17.5 Å². The number of para-hydroxylation sites is 2. The van der Waals surface area contributed by atoms with Crippen LogP contribution in [0.15, 0.2) is 60.0 Å². The highest BCUT2D eigenvalue weighted by molar-refractivity contribution is 8.26. The van der Waals surface area contributed by atoms with Gasteiger partial charge < -0.3 is 18.9 Å². The van der Waals surface area contributed by atoms with E-state index in [1.807, 2.05) is 36.4 Å². The Morgan fingerprint density at radius 2 is 1.65 bits per heavy atom. The van der Waals surface area contributed by atoms with Crippen molar-refractivity contribution in [1.29, 1.82) is 0 Å². The van der Waals surface area contributed by atoms with Gasteiger partial charge in [0.25, 0.3) is 5.91 Å². The molecule has 31 heavy (non-hydrogen) atoms. The zero-order valence-corrected chi connectivity index (χ0v) is 19.0. The predicted molar refractivity (Wildman–Crippen MR) is 127 cm³/mol. The van der Waals surface area contributed by atoms with Gasteiger partial charge in [0.2, 0.25) is 0 Å². The molecule has 1 fully saturated rings. The monoisotopic (exact) mass is 457 g/mol. The van der Waals surface area contributed by atoms with E-state index in [2.05, 4.69) is 6.58 Å². The minimum Gasteiger partial charge on any atom is -0.493 e. The Morgan fingerprint density at radius 1 is 1.00 bits per heavy atom. The van der Waals surface area contributed by atoms with Gasteiger partial charge in [0.05, 0.1) is 19.1 Å². The number of hydrogen-bond donors (Lipinski definition) is 0. The number of benzene rings is 2. The van der Waals surface area contributed by atoms with Gasteiger partial charge in [0.15, 0.2) is 23.0 Å². The molecule has 1 aliphatic rings. The Bertz CT molecular complexity index is 1010. The molecule has 0 N–H and O–H groups in total. The number of methoxy groups -OCH3 is 2. The molecular formula is C23H23NO5S2. The summed E-state index contributed by atoms with van der Waals surface area (Å²) in [6.45, 7) is 4.73. The average Bonchev–Trinajstić information content (AvgIpc) is 3.05. The summed E-state index contributed by atoms with van der Waals surface area (Å²) in [5, 5.41) is 0. The van der Waals surface area contributed by atoms with E-state index in [0.29, 0.717) is 52.0 Å². The molecule has 1 heterocycles. The normalized spacial score (nSPS) is 14.6. The lowest BCUT2D eigenvalue weighted by Crippen LogP contribution is -2.27. The van der Waals surface area contributed by atoms with Gasteiger partial charge in [-0.05, 0) is 35.9 Å². The van der Waals surface area contributed by atoms with Crippen LogP contribution in [-0.4, -0.2) is 49.1 Å². The number of hydrogen-bond acceptors (Lipinski definition) is 7. The molecule has 0 radical (unpaired) electrons. The first-order valence-corrected chi connectivity index (χ1v) is 10.7. The quantitative estimate of drug-likeness (QED) is 0.225. The van der Waals surface area contributed by atoms with Gasteiger partial charge in [-0.25, -0.2) is 0 Å². The Labute approximate surface area is 191 Å². The molecule has 1 amide bonds. The molecule has 1 saturated heterocycles. The highest BCUT2D eigenvalue weighted by atomic mass is 32.2. The summed E-state index contributed by atoms with van der Waals surface area (Å²) in [6, 6.07) is 12.9. The van der Waals surface area contributed by atoms with Crippen molar-refractivity contribution in [2.45, 2.75) is 0 Å². The SMILES string of the molecule is C=CCN1C(=O)/C(=C/c2ccc(OCCOc3ccccc3OC)c(OC)c2)SC1=S. The second-order valence-electron chi connectivity index (χ2n) is 6.34. The molecule has 2 aromatic rings. The van der Waals surface area contributed by atoms with Crippen LogP contribution in [0.25, 0.3) is 6.08 Å². The van der Waals surface area contributed by atoms with E-state index in [1.165, 1.54) is 16.7 Å². The molecular weight excluding hydrogens is 434 g/mol.